The minimum atomic E-state index is 0.589. The van der Waals surface area contributed by atoms with Gasteiger partial charge in [-0.25, -0.2) is 0 Å². The predicted molar refractivity (Wildman–Crippen MR) is 61.6 cm³/mol. The number of hydrogen-bond donors (Lipinski definition) is 0. The van der Waals surface area contributed by atoms with Crippen LogP contribution in [0.25, 0.3) is 0 Å². The molecule has 1 nitrogen and oxygen atoms in total. The van der Waals surface area contributed by atoms with Crippen molar-refractivity contribution in [3.8, 4) is 5.75 Å². The first kappa shape index (κ1) is 11.7. The number of hydrogen-bond acceptors (Lipinski definition) is 1. The molecule has 1 aromatic carbocycles. The first-order chi connectivity index (χ1) is 6.65. The third-order valence-electron chi connectivity index (χ3n) is 1.89. The van der Waals surface area contributed by atoms with Gasteiger partial charge in [-0.2, -0.15) is 0 Å². The molecule has 0 aliphatic carbocycles. The minimum absolute atomic E-state index is 0.589. The summed E-state index contributed by atoms with van der Waals surface area (Å²) in [7, 11) is 0. The average molecular weight is 233 g/mol. The Morgan fingerprint density at radius 3 is 2.29 bits per heavy atom. The second-order valence-electron chi connectivity index (χ2n) is 3.26. The maximum absolute atomic E-state index is 6.00. The minimum Gasteiger partial charge on any atom is -0.490 e. The van der Waals surface area contributed by atoms with Crippen LogP contribution >= 0.6 is 23.2 Å². The van der Waals surface area contributed by atoms with Gasteiger partial charge in [-0.05, 0) is 31.0 Å². The standard InChI is InChI=1S/C11H14Cl2O/c1-3-4-5-14-11-9(12)6-8(2)7-10(11)13/h6-7H,3-5H2,1-2H3. The van der Waals surface area contributed by atoms with Crippen LogP contribution in [-0.4, -0.2) is 6.61 Å². The van der Waals surface area contributed by atoms with Crippen molar-refractivity contribution in [3.05, 3.63) is 27.7 Å². The first-order valence-electron chi connectivity index (χ1n) is 4.73. The monoisotopic (exact) mass is 232 g/mol. The first-order valence-corrected chi connectivity index (χ1v) is 5.49. The maximum atomic E-state index is 6.00. The third-order valence-corrected chi connectivity index (χ3v) is 2.45. The van der Waals surface area contributed by atoms with Gasteiger partial charge in [-0.3, -0.25) is 0 Å². The Labute approximate surface area is 95.0 Å². The zero-order valence-corrected chi connectivity index (χ0v) is 9.95. The van der Waals surface area contributed by atoms with E-state index >= 15 is 0 Å². The summed E-state index contributed by atoms with van der Waals surface area (Å²) in [6.07, 6.45) is 2.11. The normalized spacial score (nSPS) is 10.3. The van der Waals surface area contributed by atoms with E-state index in [0.29, 0.717) is 22.4 Å². The van der Waals surface area contributed by atoms with Gasteiger partial charge in [0.05, 0.1) is 16.7 Å². The molecule has 0 atom stereocenters. The summed E-state index contributed by atoms with van der Waals surface area (Å²) in [6.45, 7) is 4.73. The highest BCUT2D eigenvalue weighted by Gasteiger charge is 2.07. The molecule has 0 heterocycles. The highest BCUT2D eigenvalue weighted by Crippen LogP contribution is 2.33. The predicted octanol–water partition coefficient (Wildman–Crippen LogP) is 4.48. The van der Waals surface area contributed by atoms with Crippen molar-refractivity contribution in [2.24, 2.45) is 0 Å². The molecule has 14 heavy (non-hydrogen) atoms. The summed E-state index contributed by atoms with van der Waals surface area (Å²) in [5.74, 6) is 0.604. The molecule has 1 rings (SSSR count). The second-order valence-corrected chi connectivity index (χ2v) is 4.07. The van der Waals surface area contributed by atoms with Crippen LogP contribution < -0.4 is 4.74 Å². The fourth-order valence-electron chi connectivity index (χ4n) is 1.14. The molecule has 0 N–H and O–H groups in total. The fraction of sp³-hybridized carbons (Fsp3) is 0.455. The lowest BCUT2D eigenvalue weighted by Crippen LogP contribution is -1.97. The Kier molecular flexibility index (Phi) is 4.56. The Hall–Kier alpha value is -0.400. The highest BCUT2D eigenvalue weighted by atomic mass is 35.5. The molecule has 0 amide bonds. The summed E-state index contributed by atoms with van der Waals surface area (Å²) in [5.41, 5.74) is 1.04. The van der Waals surface area contributed by atoms with Crippen LogP contribution in [0.5, 0.6) is 5.75 Å². The van der Waals surface area contributed by atoms with Crippen molar-refractivity contribution >= 4 is 23.2 Å². The molecule has 78 valence electrons. The van der Waals surface area contributed by atoms with Crippen LogP contribution in [0.3, 0.4) is 0 Å². The molecule has 1 aromatic rings. The van der Waals surface area contributed by atoms with Crippen molar-refractivity contribution < 1.29 is 4.74 Å². The maximum Gasteiger partial charge on any atom is 0.156 e. The number of benzene rings is 1. The van der Waals surface area contributed by atoms with Gasteiger partial charge >= 0.3 is 0 Å². The fourth-order valence-corrected chi connectivity index (χ4v) is 1.85. The number of halogens is 2. The summed E-state index contributed by atoms with van der Waals surface area (Å²) in [4.78, 5) is 0. The molecule has 3 heteroatoms. The molecule has 0 unspecified atom stereocenters. The van der Waals surface area contributed by atoms with E-state index in [0.717, 1.165) is 18.4 Å². The van der Waals surface area contributed by atoms with Gasteiger partial charge in [-0.15, -0.1) is 0 Å². The quantitative estimate of drug-likeness (QED) is 0.696. The van der Waals surface area contributed by atoms with Crippen LogP contribution in [0.4, 0.5) is 0 Å². The van der Waals surface area contributed by atoms with E-state index in [4.69, 9.17) is 27.9 Å². The molecular weight excluding hydrogens is 219 g/mol. The summed E-state index contributed by atoms with van der Waals surface area (Å²) in [5, 5.41) is 1.18. The molecule has 0 aliphatic heterocycles. The Bertz CT molecular complexity index is 287. The van der Waals surface area contributed by atoms with Crippen molar-refractivity contribution in [1.29, 1.82) is 0 Å². The molecule has 0 aliphatic rings. The molecule has 0 saturated heterocycles. The molecule has 0 spiro atoms. The smallest absolute Gasteiger partial charge is 0.156 e. The van der Waals surface area contributed by atoms with Crippen LogP contribution in [0.2, 0.25) is 10.0 Å². The van der Waals surface area contributed by atoms with Gasteiger partial charge in [0.25, 0.3) is 0 Å². The second kappa shape index (κ2) is 5.47. The molecular formula is C11H14Cl2O. The number of ether oxygens (including phenoxy) is 1. The molecule has 0 radical (unpaired) electrons. The van der Waals surface area contributed by atoms with Gasteiger partial charge in [0.15, 0.2) is 5.75 Å². The van der Waals surface area contributed by atoms with E-state index < -0.39 is 0 Å². The lowest BCUT2D eigenvalue weighted by atomic mass is 10.2. The van der Waals surface area contributed by atoms with Gasteiger partial charge in [-0.1, -0.05) is 36.5 Å². The van der Waals surface area contributed by atoms with E-state index in [9.17, 15) is 0 Å². The molecule has 0 fully saturated rings. The van der Waals surface area contributed by atoms with Crippen molar-refractivity contribution in [1.82, 2.24) is 0 Å². The Balaban J connectivity index is 2.75. The lowest BCUT2D eigenvalue weighted by molar-refractivity contribution is 0.309. The number of unbranched alkanes of at least 4 members (excludes halogenated alkanes) is 1. The lowest BCUT2D eigenvalue weighted by Gasteiger charge is -2.09. The van der Waals surface area contributed by atoms with Gasteiger partial charge < -0.3 is 4.74 Å². The van der Waals surface area contributed by atoms with E-state index in [1.54, 1.807) is 0 Å². The van der Waals surface area contributed by atoms with Gasteiger partial charge in [0, 0.05) is 0 Å². The summed E-state index contributed by atoms with van der Waals surface area (Å²) in [6, 6.07) is 3.71. The van der Waals surface area contributed by atoms with Gasteiger partial charge in [0.1, 0.15) is 0 Å². The van der Waals surface area contributed by atoms with E-state index in [-0.39, 0.29) is 0 Å². The van der Waals surface area contributed by atoms with Gasteiger partial charge in [0.2, 0.25) is 0 Å². The van der Waals surface area contributed by atoms with Crippen molar-refractivity contribution in [2.75, 3.05) is 6.61 Å². The molecule has 0 bridgehead atoms. The SMILES string of the molecule is CCCCOc1c(Cl)cc(C)cc1Cl. The Morgan fingerprint density at radius 2 is 1.79 bits per heavy atom. The van der Waals surface area contributed by atoms with Crippen molar-refractivity contribution in [3.63, 3.8) is 0 Å². The zero-order valence-electron chi connectivity index (χ0n) is 8.44. The molecule has 0 saturated carbocycles. The topological polar surface area (TPSA) is 9.23 Å². The number of rotatable bonds is 4. The van der Waals surface area contributed by atoms with Crippen molar-refractivity contribution in [2.45, 2.75) is 26.7 Å². The van der Waals surface area contributed by atoms with Crippen LogP contribution in [-0.2, 0) is 0 Å². The zero-order chi connectivity index (χ0) is 10.6. The average Bonchev–Trinajstić information content (AvgIpc) is 2.09. The van der Waals surface area contributed by atoms with E-state index in [1.165, 1.54) is 0 Å². The van der Waals surface area contributed by atoms with Crippen LogP contribution in [0, 0.1) is 6.92 Å². The summed E-state index contributed by atoms with van der Waals surface area (Å²) < 4.78 is 5.50. The highest BCUT2D eigenvalue weighted by molar-refractivity contribution is 6.37. The van der Waals surface area contributed by atoms with E-state index in [1.807, 2.05) is 19.1 Å². The Morgan fingerprint density at radius 1 is 1.21 bits per heavy atom. The number of aryl methyl sites for hydroxylation is 1. The largest absolute Gasteiger partial charge is 0.490 e. The van der Waals surface area contributed by atoms with E-state index in [2.05, 4.69) is 6.92 Å². The third kappa shape index (κ3) is 3.07. The molecule has 0 aromatic heterocycles. The van der Waals surface area contributed by atoms with Crippen LogP contribution in [0.15, 0.2) is 12.1 Å². The summed E-state index contributed by atoms with van der Waals surface area (Å²) >= 11 is 12.0. The van der Waals surface area contributed by atoms with Crippen LogP contribution in [0.1, 0.15) is 25.3 Å².